The number of likely N-dealkylation sites (N-methyl/N-ethyl adjacent to an activating group) is 1. The quantitative estimate of drug-likeness (QED) is 0.518. The van der Waals surface area contributed by atoms with Crippen LogP contribution in [-0.2, 0) is 0 Å². The van der Waals surface area contributed by atoms with E-state index in [1.165, 1.54) is 11.1 Å². The van der Waals surface area contributed by atoms with Crippen LogP contribution < -0.4 is 0 Å². The van der Waals surface area contributed by atoms with E-state index in [4.69, 9.17) is 0 Å². The molecule has 0 bridgehead atoms. The molecule has 2 heteroatoms. The second-order valence-corrected chi connectivity index (χ2v) is 6.27. The number of ketones is 1. The van der Waals surface area contributed by atoms with Gasteiger partial charge in [-0.2, -0.15) is 0 Å². The Hall–Kier alpha value is -2.71. The first kappa shape index (κ1) is 14.9. The number of nitrogens with zero attached hydrogens (tertiary/aromatic N) is 1. The Morgan fingerprint density at radius 1 is 0.750 bits per heavy atom. The molecule has 4 rings (SSSR count). The molecular formula is C22H19NO. The summed E-state index contributed by atoms with van der Waals surface area (Å²) in [4.78, 5) is 14.9. The zero-order valence-corrected chi connectivity index (χ0v) is 13.6. The highest BCUT2D eigenvalue weighted by atomic mass is 16.1. The molecule has 0 amide bonds. The van der Waals surface area contributed by atoms with Gasteiger partial charge in [0.2, 0.25) is 0 Å². The summed E-state index contributed by atoms with van der Waals surface area (Å²) >= 11 is 0. The third kappa shape index (κ3) is 2.66. The number of hydrogen-bond acceptors (Lipinski definition) is 2. The van der Waals surface area contributed by atoms with Gasteiger partial charge in [0, 0.05) is 5.56 Å². The van der Waals surface area contributed by atoms with Gasteiger partial charge in [-0.3, -0.25) is 9.69 Å². The van der Waals surface area contributed by atoms with E-state index in [0.29, 0.717) is 0 Å². The summed E-state index contributed by atoms with van der Waals surface area (Å²) in [6.07, 6.45) is 0. The second-order valence-electron chi connectivity index (χ2n) is 6.27. The Morgan fingerprint density at radius 3 is 1.92 bits per heavy atom. The minimum atomic E-state index is -0.0463. The highest BCUT2D eigenvalue weighted by Gasteiger charge is 2.50. The maximum atomic E-state index is 12.8. The molecule has 3 aromatic rings. The molecule has 0 N–H and O–H groups in total. The van der Waals surface area contributed by atoms with Gasteiger partial charge in [-0.15, -0.1) is 0 Å². The van der Waals surface area contributed by atoms with Crippen molar-refractivity contribution in [1.82, 2.24) is 4.90 Å². The summed E-state index contributed by atoms with van der Waals surface area (Å²) in [5.41, 5.74) is 4.29. The van der Waals surface area contributed by atoms with Crippen LogP contribution in [-0.4, -0.2) is 23.8 Å². The van der Waals surface area contributed by atoms with Gasteiger partial charge < -0.3 is 0 Å². The average molecular weight is 313 g/mol. The molecule has 0 aromatic heterocycles. The van der Waals surface area contributed by atoms with Gasteiger partial charge in [-0.1, -0.05) is 84.9 Å². The van der Waals surface area contributed by atoms with Crippen molar-refractivity contribution >= 4 is 5.78 Å². The van der Waals surface area contributed by atoms with Gasteiger partial charge in [-0.05, 0) is 23.7 Å². The minimum absolute atomic E-state index is 0.0463. The molecule has 2 nitrogen and oxygen atoms in total. The third-order valence-corrected chi connectivity index (χ3v) is 4.77. The van der Waals surface area contributed by atoms with Gasteiger partial charge in [-0.25, -0.2) is 0 Å². The van der Waals surface area contributed by atoms with E-state index < -0.39 is 0 Å². The van der Waals surface area contributed by atoms with Crippen LogP contribution >= 0.6 is 0 Å². The first-order valence-corrected chi connectivity index (χ1v) is 8.22. The van der Waals surface area contributed by atoms with Crippen LogP contribution in [0.1, 0.15) is 22.0 Å². The van der Waals surface area contributed by atoms with Crippen molar-refractivity contribution in [2.75, 3.05) is 7.05 Å². The maximum absolute atomic E-state index is 12.8. The van der Waals surface area contributed by atoms with Gasteiger partial charge in [0.05, 0.1) is 12.1 Å². The standard InChI is InChI=1S/C22H19NO/c1-23-20(18-10-6-3-7-11-18)21(23)22(24)19-14-12-17(13-15-19)16-8-4-2-5-9-16/h2-15,20-21H,1H3/t20-,21-,23?/m0/s1. The zero-order valence-electron chi connectivity index (χ0n) is 13.6. The molecule has 3 aromatic carbocycles. The van der Waals surface area contributed by atoms with E-state index in [1.54, 1.807) is 0 Å². The molecule has 24 heavy (non-hydrogen) atoms. The van der Waals surface area contributed by atoms with Crippen molar-refractivity contribution in [3.8, 4) is 11.1 Å². The zero-order chi connectivity index (χ0) is 16.5. The number of rotatable bonds is 4. The average Bonchev–Trinajstić information content (AvgIpc) is 3.33. The molecule has 118 valence electrons. The van der Waals surface area contributed by atoms with Crippen LogP contribution in [0.2, 0.25) is 0 Å². The molecule has 1 heterocycles. The van der Waals surface area contributed by atoms with Crippen LogP contribution in [0.25, 0.3) is 11.1 Å². The summed E-state index contributed by atoms with van der Waals surface area (Å²) < 4.78 is 0. The fourth-order valence-corrected chi connectivity index (χ4v) is 3.36. The number of hydrogen-bond donors (Lipinski definition) is 0. The molecule has 1 unspecified atom stereocenters. The van der Waals surface area contributed by atoms with Crippen LogP contribution in [0.15, 0.2) is 84.9 Å². The van der Waals surface area contributed by atoms with Crippen LogP contribution in [0, 0.1) is 0 Å². The Kier molecular flexibility index (Phi) is 3.75. The van der Waals surface area contributed by atoms with Crippen molar-refractivity contribution < 1.29 is 4.79 Å². The summed E-state index contributed by atoms with van der Waals surface area (Å²) in [5.74, 6) is 0.200. The van der Waals surface area contributed by atoms with Gasteiger partial charge >= 0.3 is 0 Å². The predicted octanol–water partition coefficient (Wildman–Crippen LogP) is 4.59. The predicted molar refractivity (Wildman–Crippen MR) is 96.9 cm³/mol. The van der Waals surface area contributed by atoms with E-state index >= 15 is 0 Å². The Morgan fingerprint density at radius 2 is 1.29 bits per heavy atom. The molecule has 1 fully saturated rings. The number of benzene rings is 3. The normalized spacial score (nSPS) is 22.1. The molecule has 0 radical (unpaired) electrons. The third-order valence-electron chi connectivity index (χ3n) is 4.77. The van der Waals surface area contributed by atoms with Crippen molar-refractivity contribution in [3.63, 3.8) is 0 Å². The summed E-state index contributed by atoms with van der Waals surface area (Å²) in [6.45, 7) is 0. The molecule has 1 aliphatic heterocycles. The van der Waals surface area contributed by atoms with Gasteiger partial charge in [0.1, 0.15) is 0 Å². The summed E-state index contributed by atoms with van der Waals surface area (Å²) in [6, 6.07) is 28.6. The molecule has 1 aliphatic rings. The van der Waals surface area contributed by atoms with Crippen molar-refractivity contribution in [2.45, 2.75) is 12.1 Å². The van der Waals surface area contributed by atoms with E-state index in [-0.39, 0.29) is 17.9 Å². The first-order valence-electron chi connectivity index (χ1n) is 8.22. The molecule has 1 saturated heterocycles. The summed E-state index contributed by atoms with van der Waals surface area (Å²) in [7, 11) is 2.01. The lowest BCUT2D eigenvalue weighted by Crippen LogP contribution is -2.11. The highest BCUT2D eigenvalue weighted by Crippen LogP contribution is 2.42. The lowest BCUT2D eigenvalue weighted by Gasteiger charge is -2.04. The Balaban J connectivity index is 1.53. The highest BCUT2D eigenvalue weighted by molar-refractivity contribution is 6.03. The topological polar surface area (TPSA) is 20.1 Å². The van der Waals surface area contributed by atoms with Crippen molar-refractivity contribution in [2.24, 2.45) is 0 Å². The lowest BCUT2D eigenvalue weighted by atomic mass is 9.99. The van der Waals surface area contributed by atoms with Gasteiger partial charge in [0.25, 0.3) is 0 Å². The monoisotopic (exact) mass is 313 g/mol. The first-order chi connectivity index (χ1) is 11.8. The van der Waals surface area contributed by atoms with Crippen LogP contribution in [0.3, 0.4) is 0 Å². The maximum Gasteiger partial charge on any atom is 0.181 e. The minimum Gasteiger partial charge on any atom is -0.292 e. The second kappa shape index (κ2) is 6.06. The van der Waals surface area contributed by atoms with Crippen molar-refractivity contribution in [1.29, 1.82) is 0 Å². The molecule has 0 spiro atoms. The molecular weight excluding hydrogens is 294 g/mol. The Bertz CT molecular complexity index is 840. The SMILES string of the molecule is CN1[C@H](C(=O)c2ccc(-c3ccccc3)cc2)[C@@H]1c1ccccc1. The fraction of sp³-hybridized carbons (Fsp3) is 0.136. The van der Waals surface area contributed by atoms with E-state index in [2.05, 4.69) is 29.2 Å². The van der Waals surface area contributed by atoms with Crippen molar-refractivity contribution in [3.05, 3.63) is 96.1 Å². The molecule has 3 atom stereocenters. The van der Waals surface area contributed by atoms with Gasteiger partial charge in [0.15, 0.2) is 5.78 Å². The fourth-order valence-electron chi connectivity index (χ4n) is 3.36. The smallest absolute Gasteiger partial charge is 0.181 e. The Labute approximate surface area is 142 Å². The van der Waals surface area contributed by atoms with Crippen LogP contribution in [0.5, 0.6) is 0 Å². The lowest BCUT2D eigenvalue weighted by molar-refractivity contribution is 0.0977. The van der Waals surface area contributed by atoms with E-state index in [9.17, 15) is 4.79 Å². The summed E-state index contributed by atoms with van der Waals surface area (Å²) in [5, 5.41) is 0. The number of carbonyl (C=O) groups is 1. The van der Waals surface area contributed by atoms with Crippen LogP contribution in [0.4, 0.5) is 0 Å². The largest absolute Gasteiger partial charge is 0.292 e. The number of Topliss-reactive ketones (excluding diaryl/α,β-unsaturated/α-hetero) is 1. The number of carbonyl (C=O) groups excluding carboxylic acids is 1. The van der Waals surface area contributed by atoms with E-state index in [1.807, 2.05) is 67.7 Å². The molecule has 0 aliphatic carbocycles. The van der Waals surface area contributed by atoms with E-state index in [0.717, 1.165) is 11.1 Å². The molecule has 0 saturated carbocycles.